The number of hydrogen-bond acceptors (Lipinski definition) is 2. The zero-order valence-corrected chi connectivity index (χ0v) is 11.2. The van der Waals surface area contributed by atoms with Gasteiger partial charge in [0.25, 0.3) is 0 Å². The van der Waals surface area contributed by atoms with Crippen molar-refractivity contribution in [2.75, 3.05) is 0 Å². The fourth-order valence-electron chi connectivity index (χ4n) is 2.15. The van der Waals surface area contributed by atoms with E-state index in [0.717, 1.165) is 5.56 Å². The fourth-order valence-corrected chi connectivity index (χ4v) is 2.15. The third-order valence-electron chi connectivity index (χ3n) is 3.39. The lowest BCUT2D eigenvalue weighted by atomic mass is 9.83. The maximum Gasteiger partial charge on any atom is 0.306 e. The molecule has 4 heteroatoms. The van der Waals surface area contributed by atoms with Crippen LogP contribution >= 0.6 is 0 Å². The van der Waals surface area contributed by atoms with Gasteiger partial charge in [-0.05, 0) is 24.3 Å². The van der Waals surface area contributed by atoms with Gasteiger partial charge in [0.1, 0.15) is 0 Å². The van der Waals surface area contributed by atoms with Crippen molar-refractivity contribution in [2.24, 2.45) is 11.8 Å². The van der Waals surface area contributed by atoms with Gasteiger partial charge in [0.05, 0.1) is 11.8 Å². The predicted molar refractivity (Wildman–Crippen MR) is 72.0 cm³/mol. The number of hydrogen-bond donors (Lipinski definition) is 2. The standard InChI is InChI=1S/C15H20O4/c1-10(14(16)17)8-13(9-11(2)15(18)19)12-6-4-3-5-7-12/h3-7,10-11,13H,8-9H2,1-2H3,(H,16,17)(H,18,19). The first-order valence-electron chi connectivity index (χ1n) is 6.42. The molecule has 0 saturated heterocycles. The van der Waals surface area contributed by atoms with E-state index >= 15 is 0 Å². The molecule has 0 bridgehead atoms. The van der Waals surface area contributed by atoms with E-state index in [0.29, 0.717) is 12.8 Å². The minimum Gasteiger partial charge on any atom is -0.481 e. The lowest BCUT2D eigenvalue weighted by molar-refractivity contribution is -0.141. The Morgan fingerprint density at radius 1 is 0.947 bits per heavy atom. The molecule has 4 nitrogen and oxygen atoms in total. The van der Waals surface area contributed by atoms with Crippen molar-refractivity contribution in [1.82, 2.24) is 0 Å². The van der Waals surface area contributed by atoms with Crippen LogP contribution in [0.2, 0.25) is 0 Å². The van der Waals surface area contributed by atoms with Gasteiger partial charge in [-0.25, -0.2) is 0 Å². The minimum absolute atomic E-state index is 0.0431. The predicted octanol–water partition coefficient (Wildman–Crippen LogP) is 2.99. The zero-order chi connectivity index (χ0) is 14.4. The van der Waals surface area contributed by atoms with Crippen LogP contribution in [0.3, 0.4) is 0 Å². The van der Waals surface area contributed by atoms with Crippen molar-refractivity contribution in [3.8, 4) is 0 Å². The highest BCUT2D eigenvalue weighted by Crippen LogP contribution is 2.30. The van der Waals surface area contributed by atoms with Gasteiger partial charge in [0.2, 0.25) is 0 Å². The highest BCUT2D eigenvalue weighted by Gasteiger charge is 2.24. The first-order chi connectivity index (χ1) is 8.91. The average Bonchev–Trinajstić information content (AvgIpc) is 2.38. The van der Waals surface area contributed by atoms with E-state index in [1.807, 2.05) is 30.3 Å². The molecule has 2 unspecified atom stereocenters. The summed E-state index contributed by atoms with van der Waals surface area (Å²) >= 11 is 0. The molecule has 19 heavy (non-hydrogen) atoms. The molecule has 2 atom stereocenters. The molecule has 1 rings (SSSR count). The number of carbonyl (C=O) groups is 2. The van der Waals surface area contributed by atoms with Gasteiger partial charge < -0.3 is 10.2 Å². The SMILES string of the molecule is CC(CC(CC(C)C(=O)O)c1ccccc1)C(=O)O. The third kappa shape index (κ3) is 4.73. The second-order valence-electron chi connectivity index (χ2n) is 5.06. The summed E-state index contributed by atoms with van der Waals surface area (Å²) in [4.78, 5) is 21.9. The molecule has 0 aromatic heterocycles. The normalized spacial score (nSPS) is 15.5. The molecule has 104 valence electrons. The van der Waals surface area contributed by atoms with Crippen molar-refractivity contribution >= 4 is 11.9 Å². The first kappa shape index (κ1) is 15.2. The van der Waals surface area contributed by atoms with E-state index in [2.05, 4.69) is 0 Å². The third-order valence-corrected chi connectivity index (χ3v) is 3.39. The van der Waals surface area contributed by atoms with Crippen LogP contribution in [0, 0.1) is 11.8 Å². The smallest absolute Gasteiger partial charge is 0.306 e. The largest absolute Gasteiger partial charge is 0.481 e. The van der Waals surface area contributed by atoms with Crippen molar-refractivity contribution in [3.63, 3.8) is 0 Å². The molecular weight excluding hydrogens is 244 g/mol. The molecular formula is C15H20O4. The number of benzene rings is 1. The molecule has 0 fully saturated rings. The van der Waals surface area contributed by atoms with Crippen LogP contribution < -0.4 is 0 Å². The van der Waals surface area contributed by atoms with E-state index < -0.39 is 23.8 Å². The summed E-state index contributed by atoms with van der Waals surface area (Å²) in [5.74, 6) is -2.69. The summed E-state index contributed by atoms with van der Waals surface area (Å²) in [6, 6.07) is 9.52. The van der Waals surface area contributed by atoms with Gasteiger partial charge in [0.15, 0.2) is 0 Å². The molecule has 0 spiro atoms. The Morgan fingerprint density at radius 3 is 1.74 bits per heavy atom. The summed E-state index contributed by atoms with van der Waals surface area (Å²) in [5.41, 5.74) is 1.00. The maximum atomic E-state index is 11.0. The Hall–Kier alpha value is -1.84. The zero-order valence-electron chi connectivity index (χ0n) is 11.2. The van der Waals surface area contributed by atoms with Gasteiger partial charge >= 0.3 is 11.9 Å². The lowest BCUT2D eigenvalue weighted by Crippen LogP contribution is -2.18. The van der Waals surface area contributed by atoms with Crippen LogP contribution in [0.1, 0.15) is 38.2 Å². The Kier molecular flexibility index (Phi) is 5.55. The second-order valence-corrected chi connectivity index (χ2v) is 5.06. The van der Waals surface area contributed by atoms with Gasteiger partial charge in [-0.3, -0.25) is 9.59 Å². The first-order valence-corrected chi connectivity index (χ1v) is 6.42. The van der Waals surface area contributed by atoms with Crippen LogP contribution in [0.15, 0.2) is 30.3 Å². The number of carboxylic acids is 2. The molecule has 0 heterocycles. The molecule has 0 aliphatic rings. The Morgan fingerprint density at radius 2 is 1.37 bits per heavy atom. The topological polar surface area (TPSA) is 74.6 Å². The summed E-state index contributed by atoms with van der Waals surface area (Å²) in [6.07, 6.45) is 0.911. The molecule has 0 amide bonds. The molecule has 0 radical (unpaired) electrons. The van der Waals surface area contributed by atoms with E-state index in [1.54, 1.807) is 13.8 Å². The van der Waals surface area contributed by atoms with Crippen LogP contribution in [0.4, 0.5) is 0 Å². The Labute approximate surface area is 113 Å². The van der Waals surface area contributed by atoms with Gasteiger partial charge in [-0.15, -0.1) is 0 Å². The fraction of sp³-hybridized carbons (Fsp3) is 0.467. The van der Waals surface area contributed by atoms with E-state index in [4.69, 9.17) is 10.2 Å². The minimum atomic E-state index is -0.844. The van der Waals surface area contributed by atoms with Crippen molar-refractivity contribution in [1.29, 1.82) is 0 Å². The van der Waals surface area contributed by atoms with Crippen molar-refractivity contribution in [3.05, 3.63) is 35.9 Å². The van der Waals surface area contributed by atoms with Crippen LogP contribution in [-0.2, 0) is 9.59 Å². The van der Waals surface area contributed by atoms with Crippen molar-refractivity contribution < 1.29 is 19.8 Å². The van der Waals surface area contributed by atoms with E-state index in [9.17, 15) is 9.59 Å². The molecule has 1 aromatic carbocycles. The Balaban J connectivity index is 2.85. The van der Waals surface area contributed by atoms with E-state index in [-0.39, 0.29) is 5.92 Å². The van der Waals surface area contributed by atoms with Gasteiger partial charge in [0, 0.05) is 0 Å². The highest BCUT2D eigenvalue weighted by molar-refractivity contribution is 5.70. The highest BCUT2D eigenvalue weighted by atomic mass is 16.4. The number of rotatable bonds is 7. The van der Waals surface area contributed by atoms with E-state index in [1.165, 1.54) is 0 Å². The molecule has 0 saturated carbocycles. The average molecular weight is 264 g/mol. The van der Waals surface area contributed by atoms with Crippen molar-refractivity contribution in [2.45, 2.75) is 32.6 Å². The van der Waals surface area contributed by atoms with Crippen LogP contribution in [0.25, 0.3) is 0 Å². The summed E-state index contributed by atoms with van der Waals surface area (Å²) in [7, 11) is 0. The number of aliphatic carboxylic acids is 2. The van der Waals surface area contributed by atoms with Gasteiger partial charge in [-0.2, -0.15) is 0 Å². The summed E-state index contributed by atoms with van der Waals surface area (Å²) < 4.78 is 0. The Bertz CT molecular complexity index is 405. The lowest BCUT2D eigenvalue weighted by Gasteiger charge is -2.21. The number of carboxylic acid groups (broad SMARTS) is 2. The second kappa shape index (κ2) is 6.92. The molecule has 0 aliphatic carbocycles. The summed E-state index contributed by atoms with van der Waals surface area (Å²) in [6.45, 7) is 3.31. The van der Waals surface area contributed by atoms with Crippen LogP contribution in [-0.4, -0.2) is 22.2 Å². The van der Waals surface area contributed by atoms with Gasteiger partial charge in [-0.1, -0.05) is 44.2 Å². The summed E-state index contributed by atoms with van der Waals surface area (Å²) in [5, 5.41) is 18.0. The van der Waals surface area contributed by atoms with Crippen LogP contribution in [0.5, 0.6) is 0 Å². The monoisotopic (exact) mass is 264 g/mol. The molecule has 0 aliphatic heterocycles. The quantitative estimate of drug-likeness (QED) is 0.794. The molecule has 2 N–H and O–H groups in total. The maximum absolute atomic E-state index is 11.0. The molecule has 1 aromatic rings.